The molecule has 19 heavy (non-hydrogen) atoms. The predicted octanol–water partition coefficient (Wildman–Crippen LogP) is 2.39. The van der Waals surface area contributed by atoms with Gasteiger partial charge in [-0.1, -0.05) is 6.07 Å². The first-order valence-electron chi connectivity index (χ1n) is 6.71. The average Bonchev–Trinajstić information content (AvgIpc) is 2.40. The van der Waals surface area contributed by atoms with Crippen molar-refractivity contribution in [2.24, 2.45) is 0 Å². The van der Waals surface area contributed by atoms with Crippen LogP contribution >= 0.6 is 0 Å². The summed E-state index contributed by atoms with van der Waals surface area (Å²) >= 11 is 0. The quantitative estimate of drug-likeness (QED) is 0.841. The number of nitrogens with zero attached hydrogens (tertiary/aromatic N) is 2. The summed E-state index contributed by atoms with van der Waals surface area (Å²) in [6, 6.07) is 5.74. The molecule has 5 nitrogen and oxygen atoms in total. The molecule has 1 amide bonds. The number of pyridine rings is 1. The molecular weight excluding hydrogens is 244 g/mol. The minimum absolute atomic E-state index is 0.125. The molecule has 0 aromatic carbocycles. The number of rotatable bonds is 3. The number of hydrogen-bond acceptors (Lipinski definition) is 4. The van der Waals surface area contributed by atoms with Crippen LogP contribution in [-0.4, -0.2) is 41.8 Å². The molecule has 2 heterocycles. The number of carbonyl (C=O) groups excluding carboxylic acids is 1. The molecule has 1 aliphatic rings. The minimum atomic E-state index is -0.227. The lowest BCUT2D eigenvalue weighted by atomic mass is 10.1. The third kappa shape index (κ3) is 3.84. The Morgan fingerprint density at radius 3 is 2.79 bits per heavy atom. The van der Waals surface area contributed by atoms with E-state index in [0.29, 0.717) is 25.6 Å². The zero-order valence-corrected chi connectivity index (χ0v) is 11.5. The summed E-state index contributed by atoms with van der Waals surface area (Å²) in [4.78, 5) is 17.6. The normalized spacial score (nSPS) is 16.2. The van der Waals surface area contributed by atoms with Crippen LogP contribution in [0, 0.1) is 6.92 Å². The zero-order chi connectivity index (χ0) is 13.7. The average molecular weight is 264 g/mol. The van der Waals surface area contributed by atoms with Gasteiger partial charge in [-0.05, 0) is 19.9 Å². The van der Waals surface area contributed by atoms with Gasteiger partial charge in [0.05, 0.1) is 6.61 Å². The van der Waals surface area contributed by atoms with Crippen LogP contribution < -0.4 is 4.74 Å². The van der Waals surface area contributed by atoms with Crippen molar-refractivity contribution < 1.29 is 14.3 Å². The van der Waals surface area contributed by atoms with E-state index in [-0.39, 0.29) is 12.2 Å². The first-order chi connectivity index (χ1) is 9.19. The molecule has 0 aliphatic carbocycles. The maximum Gasteiger partial charge on any atom is 0.409 e. The summed E-state index contributed by atoms with van der Waals surface area (Å²) < 4.78 is 10.8. The van der Waals surface area contributed by atoms with E-state index < -0.39 is 0 Å². The number of aromatic nitrogens is 1. The Balaban J connectivity index is 1.82. The number of amides is 1. The largest absolute Gasteiger partial charge is 0.474 e. The highest BCUT2D eigenvalue weighted by Crippen LogP contribution is 2.18. The predicted molar refractivity (Wildman–Crippen MR) is 71.2 cm³/mol. The van der Waals surface area contributed by atoms with Crippen molar-refractivity contribution >= 4 is 6.09 Å². The van der Waals surface area contributed by atoms with E-state index in [1.54, 1.807) is 4.90 Å². The maximum absolute atomic E-state index is 11.6. The third-order valence-electron chi connectivity index (χ3n) is 3.12. The Kier molecular flexibility index (Phi) is 4.60. The molecule has 5 heteroatoms. The summed E-state index contributed by atoms with van der Waals surface area (Å²) in [5, 5.41) is 0. The maximum atomic E-state index is 11.6. The first-order valence-corrected chi connectivity index (χ1v) is 6.71. The molecule has 104 valence electrons. The molecule has 2 rings (SSSR count). The number of aryl methyl sites for hydroxylation is 1. The smallest absolute Gasteiger partial charge is 0.409 e. The van der Waals surface area contributed by atoms with E-state index in [4.69, 9.17) is 9.47 Å². The van der Waals surface area contributed by atoms with Gasteiger partial charge in [-0.2, -0.15) is 0 Å². The molecule has 1 aromatic heterocycles. The highest BCUT2D eigenvalue weighted by atomic mass is 16.6. The lowest BCUT2D eigenvalue weighted by Gasteiger charge is -2.31. The minimum Gasteiger partial charge on any atom is -0.474 e. The van der Waals surface area contributed by atoms with Crippen LogP contribution in [0.25, 0.3) is 0 Å². The Morgan fingerprint density at radius 2 is 2.16 bits per heavy atom. The van der Waals surface area contributed by atoms with Crippen LogP contribution in [-0.2, 0) is 4.74 Å². The summed E-state index contributed by atoms with van der Waals surface area (Å²) in [5.74, 6) is 0.662. The number of ether oxygens (including phenoxy) is 2. The van der Waals surface area contributed by atoms with Crippen LogP contribution in [0.3, 0.4) is 0 Å². The van der Waals surface area contributed by atoms with Gasteiger partial charge in [0.15, 0.2) is 0 Å². The first kappa shape index (κ1) is 13.6. The van der Waals surface area contributed by atoms with E-state index >= 15 is 0 Å². The monoisotopic (exact) mass is 264 g/mol. The number of carbonyl (C=O) groups is 1. The topological polar surface area (TPSA) is 51.7 Å². The lowest BCUT2D eigenvalue weighted by Crippen LogP contribution is -2.42. The molecule has 0 radical (unpaired) electrons. The van der Waals surface area contributed by atoms with Crippen molar-refractivity contribution in [2.45, 2.75) is 32.8 Å². The van der Waals surface area contributed by atoms with Crippen molar-refractivity contribution in [3.63, 3.8) is 0 Å². The SMILES string of the molecule is CCOC(=O)N1CCC(Oc2cccc(C)n2)CC1. The van der Waals surface area contributed by atoms with Gasteiger partial charge >= 0.3 is 6.09 Å². The van der Waals surface area contributed by atoms with Crippen molar-refractivity contribution in [1.82, 2.24) is 9.88 Å². The molecule has 0 bridgehead atoms. The fourth-order valence-electron chi connectivity index (χ4n) is 2.13. The standard InChI is InChI=1S/C14H20N2O3/c1-3-18-14(17)16-9-7-12(8-10-16)19-13-6-4-5-11(2)15-13/h4-6,12H,3,7-10H2,1-2H3. The molecule has 0 N–H and O–H groups in total. The molecule has 1 saturated heterocycles. The Hall–Kier alpha value is -1.78. The molecule has 0 atom stereocenters. The second-order valence-electron chi connectivity index (χ2n) is 4.62. The van der Waals surface area contributed by atoms with Gasteiger partial charge in [-0.15, -0.1) is 0 Å². The highest BCUT2D eigenvalue weighted by molar-refractivity contribution is 5.67. The molecule has 0 unspecified atom stereocenters. The molecular formula is C14H20N2O3. The van der Waals surface area contributed by atoms with Gasteiger partial charge < -0.3 is 14.4 Å². The molecule has 0 saturated carbocycles. The van der Waals surface area contributed by atoms with Gasteiger partial charge in [-0.3, -0.25) is 0 Å². The third-order valence-corrected chi connectivity index (χ3v) is 3.12. The summed E-state index contributed by atoms with van der Waals surface area (Å²) in [7, 11) is 0. The second-order valence-corrected chi connectivity index (χ2v) is 4.62. The van der Waals surface area contributed by atoms with Crippen LogP contribution in [0.4, 0.5) is 4.79 Å². The van der Waals surface area contributed by atoms with Crippen molar-refractivity contribution in [3.8, 4) is 5.88 Å². The van der Waals surface area contributed by atoms with E-state index in [2.05, 4.69) is 4.98 Å². The molecule has 1 aromatic rings. The van der Waals surface area contributed by atoms with E-state index in [1.807, 2.05) is 32.0 Å². The molecule has 0 spiro atoms. The van der Waals surface area contributed by atoms with Crippen LogP contribution in [0.2, 0.25) is 0 Å². The fraction of sp³-hybridized carbons (Fsp3) is 0.571. The van der Waals surface area contributed by atoms with Crippen molar-refractivity contribution in [2.75, 3.05) is 19.7 Å². The van der Waals surface area contributed by atoms with Gasteiger partial charge in [0.25, 0.3) is 0 Å². The van der Waals surface area contributed by atoms with Crippen LogP contribution in [0.1, 0.15) is 25.5 Å². The zero-order valence-electron chi connectivity index (χ0n) is 11.5. The fourth-order valence-corrected chi connectivity index (χ4v) is 2.13. The van der Waals surface area contributed by atoms with Gasteiger partial charge in [0, 0.05) is 37.7 Å². The van der Waals surface area contributed by atoms with E-state index in [1.165, 1.54) is 0 Å². The Bertz CT molecular complexity index is 428. The second kappa shape index (κ2) is 6.41. The highest BCUT2D eigenvalue weighted by Gasteiger charge is 2.24. The van der Waals surface area contributed by atoms with Crippen LogP contribution in [0.5, 0.6) is 5.88 Å². The van der Waals surface area contributed by atoms with E-state index in [0.717, 1.165) is 18.5 Å². The van der Waals surface area contributed by atoms with Crippen molar-refractivity contribution in [3.05, 3.63) is 23.9 Å². The summed E-state index contributed by atoms with van der Waals surface area (Å²) in [6.45, 7) is 5.53. The van der Waals surface area contributed by atoms with Gasteiger partial charge in [0.2, 0.25) is 5.88 Å². The number of hydrogen-bond donors (Lipinski definition) is 0. The Labute approximate surface area is 113 Å². The van der Waals surface area contributed by atoms with E-state index in [9.17, 15) is 4.79 Å². The van der Waals surface area contributed by atoms with Gasteiger partial charge in [0.1, 0.15) is 6.10 Å². The van der Waals surface area contributed by atoms with Crippen molar-refractivity contribution in [1.29, 1.82) is 0 Å². The van der Waals surface area contributed by atoms with Crippen LogP contribution in [0.15, 0.2) is 18.2 Å². The molecule has 1 fully saturated rings. The number of piperidine rings is 1. The number of likely N-dealkylation sites (tertiary alicyclic amines) is 1. The Morgan fingerprint density at radius 1 is 1.42 bits per heavy atom. The lowest BCUT2D eigenvalue weighted by molar-refractivity contribution is 0.0688. The molecule has 1 aliphatic heterocycles. The summed E-state index contributed by atoms with van der Waals surface area (Å²) in [5.41, 5.74) is 0.946. The van der Waals surface area contributed by atoms with Gasteiger partial charge in [-0.25, -0.2) is 9.78 Å². The summed E-state index contributed by atoms with van der Waals surface area (Å²) in [6.07, 6.45) is 1.53.